The number of rotatable bonds is 4. The molecule has 0 aromatic heterocycles. The summed E-state index contributed by atoms with van der Waals surface area (Å²) in [4.78, 5) is 22.2. The SMILES string of the molecule is O=C(NCC1(O)CCOC1)c1cc([N+](=O)[O-])ccc1I. The van der Waals surface area contributed by atoms with Crippen LogP contribution in [0, 0.1) is 13.7 Å². The van der Waals surface area contributed by atoms with Crippen LogP contribution in [0.15, 0.2) is 18.2 Å². The Kier molecular flexibility index (Phi) is 4.55. The number of carbonyl (C=O) groups is 1. The van der Waals surface area contributed by atoms with Gasteiger partial charge in [-0.15, -0.1) is 0 Å². The number of nitro groups is 1. The zero-order chi connectivity index (χ0) is 14.8. The van der Waals surface area contributed by atoms with Crippen molar-refractivity contribution in [3.05, 3.63) is 37.4 Å². The van der Waals surface area contributed by atoms with Gasteiger partial charge in [0.15, 0.2) is 0 Å². The first-order valence-electron chi connectivity index (χ1n) is 5.94. The number of ether oxygens (including phenoxy) is 1. The minimum absolute atomic E-state index is 0.0601. The van der Waals surface area contributed by atoms with E-state index in [1.807, 2.05) is 22.6 Å². The molecule has 0 aliphatic carbocycles. The van der Waals surface area contributed by atoms with Gasteiger partial charge < -0.3 is 15.2 Å². The number of halogens is 1. The molecule has 1 amide bonds. The normalized spacial score (nSPS) is 21.7. The Balaban J connectivity index is 2.08. The molecule has 1 fully saturated rings. The van der Waals surface area contributed by atoms with E-state index < -0.39 is 16.4 Å². The average Bonchev–Trinajstić information content (AvgIpc) is 2.84. The number of carbonyl (C=O) groups excluding carboxylic acids is 1. The minimum atomic E-state index is -1.05. The van der Waals surface area contributed by atoms with Crippen LogP contribution in [0.1, 0.15) is 16.8 Å². The second-order valence-electron chi connectivity index (χ2n) is 4.63. The largest absolute Gasteiger partial charge is 0.386 e. The summed E-state index contributed by atoms with van der Waals surface area (Å²) in [5.74, 6) is -0.446. The highest BCUT2D eigenvalue weighted by atomic mass is 127. The zero-order valence-corrected chi connectivity index (χ0v) is 12.6. The van der Waals surface area contributed by atoms with Gasteiger partial charge in [-0.25, -0.2) is 0 Å². The van der Waals surface area contributed by atoms with Crippen molar-refractivity contribution in [2.24, 2.45) is 0 Å². The molecule has 0 saturated carbocycles. The van der Waals surface area contributed by atoms with E-state index in [1.165, 1.54) is 18.2 Å². The molecule has 108 valence electrons. The molecule has 1 aliphatic heterocycles. The lowest BCUT2D eigenvalue weighted by molar-refractivity contribution is -0.384. The highest BCUT2D eigenvalue weighted by molar-refractivity contribution is 14.1. The van der Waals surface area contributed by atoms with Gasteiger partial charge in [-0.3, -0.25) is 14.9 Å². The molecule has 8 heteroatoms. The smallest absolute Gasteiger partial charge is 0.270 e. The van der Waals surface area contributed by atoms with Crippen LogP contribution < -0.4 is 5.32 Å². The summed E-state index contributed by atoms with van der Waals surface area (Å²) in [6.07, 6.45) is 0.458. The lowest BCUT2D eigenvalue weighted by atomic mass is 10.0. The van der Waals surface area contributed by atoms with Crippen molar-refractivity contribution in [3.8, 4) is 0 Å². The van der Waals surface area contributed by atoms with Crippen molar-refractivity contribution in [1.29, 1.82) is 0 Å². The van der Waals surface area contributed by atoms with Gasteiger partial charge in [-0.2, -0.15) is 0 Å². The average molecular weight is 392 g/mol. The number of nitrogens with one attached hydrogen (secondary N) is 1. The number of non-ortho nitro benzene ring substituents is 1. The van der Waals surface area contributed by atoms with Gasteiger partial charge >= 0.3 is 0 Å². The van der Waals surface area contributed by atoms with Crippen molar-refractivity contribution in [2.45, 2.75) is 12.0 Å². The van der Waals surface area contributed by atoms with Crippen molar-refractivity contribution in [3.63, 3.8) is 0 Å². The quantitative estimate of drug-likeness (QED) is 0.454. The molecule has 2 rings (SSSR count). The van der Waals surface area contributed by atoms with E-state index >= 15 is 0 Å². The summed E-state index contributed by atoms with van der Waals surface area (Å²) >= 11 is 1.94. The van der Waals surface area contributed by atoms with E-state index in [-0.39, 0.29) is 24.4 Å². The molecule has 0 spiro atoms. The van der Waals surface area contributed by atoms with Crippen LogP contribution in [0.25, 0.3) is 0 Å². The van der Waals surface area contributed by atoms with Crippen molar-refractivity contribution in [1.82, 2.24) is 5.32 Å². The summed E-state index contributed by atoms with van der Waals surface area (Å²) in [7, 11) is 0. The van der Waals surface area contributed by atoms with Gasteiger partial charge in [0.2, 0.25) is 0 Å². The zero-order valence-electron chi connectivity index (χ0n) is 10.5. The predicted octanol–water partition coefficient (Wildman–Crippen LogP) is 1.08. The molecule has 1 aliphatic rings. The minimum Gasteiger partial charge on any atom is -0.386 e. The van der Waals surface area contributed by atoms with Gasteiger partial charge in [-0.05, 0) is 28.7 Å². The van der Waals surface area contributed by atoms with E-state index in [0.29, 0.717) is 16.6 Å². The van der Waals surface area contributed by atoms with Gasteiger partial charge in [0.1, 0.15) is 5.60 Å². The molecule has 1 unspecified atom stereocenters. The van der Waals surface area contributed by atoms with Gasteiger partial charge in [-0.1, -0.05) is 0 Å². The first-order valence-corrected chi connectivity index (χ1v) is 7.01. The Morgan fingerprint density at radius 2 is 2.35 bits per heavy atom. The Morgan fingerprint density at radius 3 is 2.95 bits per heavy atom. The molecule has 1 saturated heterocycles. The number of hydrogen-bond donors (Lipinski definition) is 2. The second-order valence-corrected chi connectivity index (χ2v) is 5.79. The molecule has 1 aromatic rings. The fraction of sp³-hybridized carbons (Fsp3) is 0.417. The topological polar surface area (TPSA) is 102 Å². The lowest BCUT2D eigenvalue weighted by Crippen LogP contribution is -2.43. The Bertz CT molecular complexity index is 543. The Hall–Kier alpha value is -1.26. The Morgan fingerprint density at radius 1 is 1.60 bits per heavy atom. The number of aliphatic hydroxyl groups is 1. The number of benzene rings is 1. The van der Waals surface area contributed by atoms with E-state index in [9.17, 15) is 20.0 Å². The van der Waals surface area contributed by atoms with Crippen LogP contribution in [0.5, 0.6) is 0 Å². The van der Waals surface area contributed by atoms with Crippen LogP contribution in [0.4, 0.5) is 5.69 Å². The molecule has 7 nitrogen and oxygen atoms in total. The number of nitro benzene ring substituents is 1. The third-order valence-corrected chi connectivity index (χ3v) is 4.01. The Labute approximate surface area is 128 Å². The van der Waals surface area contributed by atoms with Gasteiger partial charge in [0.25, 0.3) is 11.6 Å². The lowest BCUT2D eigenvalue weighted by Gasteiger charge is -2.20. The molecule has 1 heterocycles. The van der Waals surface area contributed by atoms with E-state index in [1.54, 1.807) is 0 Å². The van der Waals surface area contributed by atoms with Crippen LogP contribution in [0.3, 0.4) is 0 Å². The van der Waals surface area contributed by atoms with Gasteiger partial charge in [0, 0.05) is 35.3 Å². The summed E-state index contributed by atoms with van der Waals surface area (Å²) in [6.45, 7) is 0.699. The van der Waals surface area contributed by atoms with E-state index in [2.05, 4.69) is 5.32 Å². The monoisotopic (exact) mass is 392 g/mol. The predicted molar refractivity (Wildman–Crippen MR) is 78.5 cm³/mol. The maximum absolute atomic E-state index is 12.0. The molecule has 1 atom stereocenters. The molecule has 20 heavy (non-hydrogen) atoms. The van der Waals surface area contributed by atoms with Crippen LogP contribution in [-0.4, -0.2) is 41.3 Å². The van der Waals surface area contributed by atoms with E-state index in [4.69, 9.17) is 4.74 Å². The number of nitrogens with zero attached hydrogens (tertiary/aromatic N) is 1. The fourth-order valence-electron chi connectivity index (χ4n) is 1.88. The number of hydrogen-bond acceptors (Lipinski definition) is 5. The summed E-state index contributed by atoms with van der Waals surface area (Å²) in [5.41, 5.74) is -0.970. The van der Waals surface area contributed by atoms with Gasteiger partial charge in [0.05, 0.1) is 17.1 Å². The maximum atomic E-state index is 12.0. The summed E-state index contributed by atoms with van der Waals surface area (Å²) in [6, 6.07) is 4.09. The summed E-state index contributed by atoms with van der Waals surface area (Å²) < 4.78 is 5.69. The first-order chi connectivity index (χ1) is 9.41. The van der Waals surface area contributed by atoms with Crippen LogP contribution >= 0.6 is 22.6 Å². The fourth-order valence-corrected chi connectivity index (χ4v) is 2.46. The number of amides is 1. The molecular formula is C12H13IN2O5. The first kappa shape index (κ1) is 15.1. The summed E-state index contributed by atoms with van der Waals surface area (Å²) in [5, 5.41) is 23.4. The molecular weight excluding hydrogens is 379 g/mol. The third-order valence-electron chi connectivity index (χ3n) is 3.07. The third kappa shape index (κ3) is 3.44. The standard InChI is InChI=1S/C12H13IN2O5/c13-10-2-1-8(15(18)19)5-9(10)11(16)14-6-12(17)3-4-20-7-12/h1-2,5,17H,3-4,6-7H2,(H,14,16). The second kappa shape index (κ2) is 6.02. The highest BCUT2D eigenvalue weighted by Gasteiger charge is 2.32. The molecule has 0 radical (unpaired) electrons. The highest BCUT2D eigenvalue weighted by Crippen LogP contribution is 2.21. The molecule has 2 N–H and O–H groups in total. The van der Waals surface area contributed by atoms with Crippen molar-refractivity contribution < 1.29 is 19.6 Å². The van der Waals surface area contributed by atoms with Crippen LogP contribution in [0.2, 0.25) is 0 Å². The molecule has 0 bridgehead atoms. The van der Waals surface area contributed by atoms with Crippen LogP contribution in [-0.2, 0) is 4.74 Å². The van der Waals surface area contributed by atoms with Crippen molar-refractivity contribution >= 4 is 34.2 Å². The maximum Gasteiger partial charge on any atom is 0.270 e. The van der Waals surface area contributed by atoms with Crippen molar-refractivity contribution in [2.75, 3.05) is 19.8 Å². The van der Waals surface area contributed by atoms with E-state index in [0.717, 1.165) is 0 Å². The molecule has 1 aromatic carbocycles.